The van der Waals surface area contributed by atoms with Crippen LogP contribution < -0.4 is 11.3 Å². The Balaban J connectivity index is 1.93. The Hall–Kier alpha value is -1.46. The maximum Gasteiger partial charge on any atom is 0.0627 e. The molecule has 0 radical (unpaired) electrons. The van der Waals surface area contributed by atoms with Crippen molar-refractivity contribution in [2.45, 2.75) is 12.1 Å². The van der Waals surface area contributed by atoms with E-state index in [-0.39, 0.29) is 6.04 Å². The first-order valence-electron chi connectivity index (χ1n) is 7.52. The van der Waals surface area contributed by atoms with E-state index in [0.29, 0.717) is 6.04 Å². The van der Waals surface area contributed by atoms with Crippen LogP contribution in [0.15, 0.2) is 42.5 Å². The summed E-state index contributed by atoms with van der Waals surface area (Å²) in [5.74, 6) is 5.89. The van der Waals surface area contributed by atoms with Crippen molar-refractivity contribution >= 4 is 10.8 Å². The molecule has 21 heavy (non-hydrogen) atoms. The first kappa shape index (κ1) is 14.5. The van der Waals surface area contributed by atoms with E-state index in [2.05, 4.69) is 71.8 Å². The predicted octanol–water partition coefficient (Wildman–Crippen LogP) is 1.59. The van der Waals surface area contributed by atoms with E-state index in [1.165, 1.54) is 16.3 Å². The maximum absolute atomic E-state index is 5.89. The third-order valence-corrected chi connectivity index (χ3v) is 4.60. The van der Waals surface area contributed by atoms with Crippen molar-refractivity contribution in [3.8, 4) is 0 Å². The van der Waals surface area contributed by atoms with Crippen molar-refractivity contribution in [1.29, 1.82) is 0 Å². The number of hydrogen-bond acceptors (Lipinski definition) is 4. The Morgan fingerprint density at radius 1 is 1.10 bits per heavy atom. The van der Waals surface area contributed by atoms with Gasteiger partial charge in [-0.1, -0.05) is 36.4 Å². The van der Waals surface area contributed by atoms with Gasteiger partial charge in [-0.2, -0.15) is 0 Å². The number of hydrogen-bond donors (Lipinski definition) is 2. The van der Waals surface area contributed by atoms with Gasteiger partial charge in [0, 0.05) is 25.7 Å². The van der Waals surface area contributed by atoms with Crippen molar-refractivity contribution in [2.24, 2.45) is 5.84 Å². The zero-order valence-electron chi connectivity index (χ0n) is 12.8. The zero-order valence-corrected chi connectivity index (χ0v) is 12.8. The lowest BCUT2D eigenvalue weighted by Crippen LogP contribution is -2.56. The van der Waals surface area contributed by atoms with Crippen LogP contribution >= 0.6 is 0 Å². The van der Waals surface area contributed by atoms with Crippen molar-refractivity contribution in [2.75, 3.05) is 33.7 Å². The van der Waals surface area contributed by atoms with Gasteiger partial charge < -0.3 is 4.90 Å². The molecule has 1 saturated heterocycles. The Morgan fingerprint density at radius 3 is 2.62 bits per heavy atom. The molecule has 0 bridgehead atoms. The highest BCUT2D eigenvalue weighted by atomic mass is 15.3. The molecule has 0 aliphatic carbocycles. The molecule has 0 saturated carbocycles. The van der Waals surface area contributed by atoms with E-state index < -0.39 is 0 Å². The Bertz CT molecular complexity index is 613. The summed E-state index contributed by atoms with van der Waals surface area (Å²) in [5.41, 5.74) is 4.29. The molecule has 3 rings (SSSR count). The van der Waals surface area contributed by atoms with Crippen LogP contribution in [-0.4, -0.2) is 49.6 Å². The van der Waals surface area contributed by atoms with E-state index in [1.54, 1.807) is 0 Å². The lowest BCUT2D eigenvalue weighted by Gasteiger charge is -2.41. The molecule has 0 aromatic heterocycles. The summed E-state index contributed by atoms with van der Waals surface area (Å²) in [6, 6.07) is 15.6. The third-order valence-electron chi connectivity index (χ3n) is 4.60. The van der Waals surface area contributed by atoms with Gasteiger partial charge in [-0.25, -0.2) is 0 Å². The monoisotopic (exact) mass is 284 g/mol. The molecule has 2 aromatic carbocycles. The summed E-state index contributed by atoms with van der Waals surface area (Å²) in [6.07, 6.45) is 0. The molecule has 2 unspecified atom stereocenters. The van der Waals surface area contributed by atoms with Crippen molar-refractivity contribution in [3.05, 3.63) is 48.0 Å². The van der Waals surface area contributed by atoms with Gasteiger partial charge in [0.05, 0.1) is 6.04 Å². The van der Waals surface area contributed by atoms with Crippen LogP contribution in [0.2, 0.25) is 0 Å². The van der Waals surface area contributed by atoms with Crippen LogP contribution in [0.5, 0.6) is 0 Å². The zero-order chi connectivity index (χ0) is 14.8. The topological polar surface area (TPSA) is 44.5 Å². The van der Waals surface area contributed by atoms with Crippen LogP contribution in [0.25, 0.3) is 10.8 Å². The van der Waals surface area contributed by atoms with Gasteiger partial charge in [-0.15, -0.1) is 0 Å². The molecule has 1 aliphatic rings. The summed E-state index contributed by atoms with van der Waals surface area (Å²) in [5, 5.41) is 2.54. The molecular formula is C17H24N4. The minimum atomic E-state index is 0.141. The molecule has 0 amide bonds. The van der Waals surface area contributed by atoms with Gasteiger partial charge in [0.15, 0.2) is 0 Å². The molecule has 1 fully saturated rings. The highest BCUT2D eigenvalue weighted by molar-refractivity contribution is 5.83. The molecule has 112 valence electrons. The molecule has 3 N–H and O–H groups in total. The van der Waals surface area contributed by atoms with Crippen LogP contribution in [0.3, 0.4) is 0 Å². The van der Waals surface area contributed by atoms with Crippen LogP contribution in [0.1, 0.15) is 11.6 Å². The first-order valence-corrected chi connectivity index (χ1v) is 7.52. The molecule has 4 heteroatoms. The van der Waals surface area contributed by atoms with Crippen molar-refractivity contribution < 1.29 is 0 Å². The lowest BCUT2D eigenvalue weighted by atomic mass is 9.95. The third kappa shape index (κ3) is 2.94. The number of nitrogens with two attached hydrogens (primary N) is 1. The number of benzene rings is 2. The highest BCUT2D eigenvalue weighted by Gasteiger charge is 2.30. The summed E-state index contributed by atoms with van der Waals surface area (Å²) >= 11 is 0. The molecule has 1 heterocycles. The molecule has 2 aromatic rings. The summed E-state index contributed by atoms with van der Waals surface area (Å²) < 4.78 is 0. The van der Waals surface area contributed by atoms with E-state index in [9.17, 15) is 0 Å². The number of hydrazine groups is 1. The van der Waals surface area contributed by atoms with Gasteiger partial charge in [0.2, 0.25) is 0 Å². The summed E-state index contributed by atoms with van der Waals surface area (Å²) in [4.78, 5) is 4.77. The van der Waals surface area contributed by atoms with Crippen LogP contribution in [-0.2, 0) is 0 Å². The fourth-order valence-electron chi connectivity index (χ4n) is 3.23. The average Bonchev–Trinajstić information content (AvgIpc) is 2.51. The van der Waals surface area contributed by atoms with Gasteiger partial charge in [0.25, 0.3) is 0 Å². The second-order valence-corrected chi connectivity index (χ2v) is 6.06. The molecule has 2 atom stereocenters. The second kappa shape index (κ2) is 6.12. The number of nitrogens with one attached hydrogen (secondary N) is 1. The minimum absolute atomic E-state index is 0.141. The highest BCUT2D eigenvalue weighted by Crippen LogP contribution is 2.25. The Kier molecular flexibility index (Phi) is 4.22. The van der Waals surface area contributed by atoms with Crippen molar-refractivity contribution in [1.82, 2.24) is 15.2 Å². The maximum atomic E-state index is 5.89. The quantitative estimate of drug-likeness (QED) is 0.664. The Morgan fingerprint density at radius 2 is 1.86 bits per heavy atom. The molecular weight excluding hydrogens is 260 g/mol. The minimum Gasteiger partial charge on any atom is -0.303 e. The van der Waals surface area contributed by atoms with Crippen LogP contribution in [0.4, 0.5) is 0 Å². The van der Waals surface area contributed by atoms with E-state index in [4.69, 9.17) is 5.84 Å². The predicted molar refractivity (Wildman–Crippen MR) is 87.9 cm³/mol. The number of fused-ring (bicyclic) bond motifs is 1. The van der Waals surface area contributed by atoms with Crippen molar-refractivity contribution in [3.63, 3.8) is 0 Å². The average molecular weight is 284 g/mol. The number of likely N-dealkylation sites (N-methyl/N-ethyl adjacent to an activating group) is 2. The fraction of sp³-hybridized carbons (Fsp3) is 0.412. The van der Waals surface area contributed by atoms with Gasteiger partial charge >= 0.3 is 0 Å². The molecule has 4 nitrogen and oxygen atoms in total. The van der Waals surface area contributed by atoms with Crippen LogP contribution in [0, 0.1) is 0 Å². The fourth-order valence-corrected chi connectivity index (χ4v) is 3.23. The lowest BCUT2D eigenvalue weighted by molar-refractivity contribution is 0.0877. The van der Waals surface area contributed by atoms with Gasteiger partial charge in [-0.05, 0) is 36.5 Å². The standard InChI is InChI=1S/C17H24N4/c1-20-9-10-21(2)16(12-20)17(19-18)15-8-7-13-5-3-4-6-14(13)11-15/h3-8,11,16-17,19H,9-10,12,18H2,1-2H3. The normalized spacial score (nSPS) is 22.5. The summed E-state index contributed by atoms with van der Waals surface area (Å²) in [6.45, 7) is 3.22. The van der Waals surface area contributed by atoms with E-state index in [0.717, 1.165) is 19.6 Å². The molecule has 0 spiro atoms. The largest absolute Gasteiger partial charge is 0.303 e. The number of piperazine rings is 1. The van der Waals surface area contributed by atoms with E-state index in [1.807, 2.05) is 0 Å². The van der Waals surface area contributed by atoms with E-state index >= 15 is 0 Å². The van der Waals surface area contributed by atoms with Gasteiger partial charge in [0.1, 0.15) is 0 Å². The molecule has 1 aliphatic heterocycles. The first-order chi connectivity index (χ1) is 10.2. The SMILES string of the molecule is CN1CCN(C)C(C(NN)c2ccc3ccccc3c2)C1. The van der Waals surface area contributed by atoms with Gasteiger partial charge in [-0.3, -0.25) is 16.2 Å². The smallest absolute Gasteiger partial charge is 0.0627 e. The second-order valence-electron chi connectivity index (χ2n) is 6.06. The number of rotatable bonds is 3. The Labute approximate surface area is 126 Å². The number of nitrogens with zero attached hydrogens (tertiary/aromatic N) is 2. The summed E-state index contributed by atoms with van der Waals surface area (Å²) in [7, 11) is 4.36.